The van der Waals surface area contributed by atoms with E-state index < -0.39 is 5.97 Å². The van der Waals surface area contributed by atoms with E-state index in [4.69, 9.17) is 15.2 Å². The molecule has 0 radical (unpaired) electrons. The van der Waals surface area contributed by atoms with Crippen LogP contribution >= 0.6 is 11.5 Å². The second-order valence-corrected chi connectivity index (χ2v) is 6.03. The summed E-state index contributed by atoms with van der Waals surface area (Å²) in [4.78, 5) is 16.5. The first-order valence-electron chi connectivity index (χ1n) is 7.11. The van der Waals surface area contributed by atoms with Gasteiger partial charge < -0.3 is 20.1 Å². The summed E-state index contributed by atoms with van der Waals surface area (Å²) >= 11 is 1.27. The summed E-state index contributed by atoms with van der Waals surface area (Å²) in [7, 11) is 1.36. The van der Waals surface area contributed by atoms with Crippen molar-refractivity contribution in [2.24, 2.45) is 0 Å². The first-order valence-corrected chi connectivity index (χ1v) is 7.88. The fraction of sp³-hybridized carbons (Fsp3) is 0.692. The normalized spacial score (nSPS) is 23.5. The van der Waals surface area contributed by atoms with Gasteiger partial charge in [0.2, 0.25) is 0 Å². The molecule has 7 nitrogen and oxygen atoms in total. The number of aromatic nitrogens is 1. The third kappa shape index (κ3) is 2.83. The summed E-state index contributed by atoms with van der Waals surface area (Å²) in [6.07, 6.45) is 1.08. The fourth-order valence-corrected chi connectivity index (χ4v) is 3.81. The molecule has 2 N–H and O–H groups in total. The molecule has 1 aromatic rings. The van der Waals surface area contributed by atoms with Gasteiger partial charge in [-0.3, -0.25) is 4.90 Å². The zero-order valence-corrected chi connectivity index (χ0v) is 12.9. The molecule has 21 heavy (non-hydrogen) atoms. The topological polar surface area (TPSA) is 80.9 Å². The molecule has 116 valence electrons. The molecule has 3 rings (SSSR count). The van der Waals surface area contributed by atoms with Gasteiger partial charge in [0.05, 0.1) is 20.3 Å². The lowest BCUT2D eigenvalue weighted by atomic mass is 10.2. The molecule has 1 atom stereocenters. The number of nitrogens with two attached hydrogens (primary N) is 1. The molecule has 1 unspecified atom stereocenters. The molecule has 3 heterocycles. The van der Waals surface area contributed by atoms with Crippen LogP contribution in [0.3, 0.4) is 0 Å². The maximum Gasteiger partial charge on any atom is 0.344 e. The van der Waals surface area contributed by atoms with Crippen LogP contribution in [0.15, 0.2) is 0 Å². The molecule has 0 bridgehead atoms. The van der Waals surface area contributed by atoms with Crippen molar-refractivity contribution in [3.63, 3.8) is 0 Å². The maximum atomic E-state index is 11.9. The van der Waals surface area contributed by atoms with Crippen molar-refractivity contribution in [2.75, 3.05) is 57.1 Å². The molecule has 1 aromatic heterocycles. The molecule has 2 aliphatic heterocycles. The van der Waals surface area contributed by atoms with Crippen molar-refractivity contribution in [2.45, 2.75) is 12.5 Å². The molecule has 8 heteroatoms. The molecule has 0 amide bonds. The number of methoxy groups -OCH3 is 1. The van der Waals surface area contributed by atoms with E-state index >= 15 is 0 Å². The van der Waals surface area contributed by atoms with Crippen LogP contribution in [0.4, 0.5) is 10.8 Å². The van der Waals surface area contributed by atoms with Gasteiger partial charge in [-0.2, -0.15) is 4.37 Å². The van der Waals surface area contributed by atoms with Crippen LogP contribution in [-0.2, 0) is 9.47 Å². The van der Waals surface area contributed by atoms with Gasteiger partial charge in [-0.15, -0.1) is 0 Å². The number of anilines is 2. The molecule has 2 aliphatic rings. The second kappa shape index (κ2) is 6.17. The number of morpholine rings is 1. The van der Waals surface area contributed by atoms with Crippen LogP contribution in [-0.4, -0.2) is 67.8 Å². The van der Waals surface area contributed by atoms with Gasteiger partial charge in [0, 0.05) is 32.2 Å². The van der Waals surface area contributed by atoms with E-state index in [1.807, 2.05) is 0 Å². The number of ether oxygens (including phenoxy) is 2. The Labute approximate surface area is 127 Å². The van der Waals surface area contributed by atoms with Crippen LogP contribution in [0.5, 0.6) is 0 Å². The summed E-state index contributed by atoms with van der Waals surface area (Å²) in [5.41, 5.74) is 6.22. The largest absolute Gasteiger partial charge is 0.465 e. The predicted molar refractivity (Wildman–Crippen MR) is 80.9 cm³/mol. The van der Waals surface area contributed by atoms with E-state index in [2.05, 4.69) is 14.2 Å². The monoisotopic (exact) mass is 312 g/mol. The molecule has 2 fully saturated rings. The smallest absolute Gasteiger partial charge is 0.344 e. The number of esters is 1. The van der Waals surface area contributed by atoms with Crippen molar-refractivity contribution in [1.82, 2.24) is 9.27 Å². The SMILES string of the molecule is COC(=O)c1c(N)nsc1N1CCC(N2CCOCC2)C1. The van der Waals surface area contributed by atoms with Crippen molar-refractivity contribution in [3.8, 4) is 0 Å². The van der Waals surface area contributed by atoms with Gasteiger partial charge in [-0.1, -0.05) is 0 Å². The highest BCUT2D eigenvalue weighted by Crippen LogP contribution is 2.34. The van der Waals surface area contributed by atoms with E-state index in [1.54, 1.807) is 0 Å². The van der Waals surface area contributed by atoms with E-state index in [-0.39, 0.29) is 5.82 Å². The molecule has 0 aliphatic carbocycles. The Balaban J connectivity index is 1.72. The molecular formula is C13H20N4O3S. The van der Waals surface area contributed by atoms with Gasteiger partial charge in [0.1, 0.15) is 10.6 Å². The average molecular weight is 312 g/mol. The summed E-state index contributed by atoms with van der Waals surface area (Å²) in [6.45, 7) is 5.37. The number of carbonyl (C=O) groups excluding carboxylic acids is 1. The number of nitrogens with zero attached hydrogens (tertiary/aromatic N) is 3. The molecular weight excluding hydrogens is 292 g/mol. The third-order valence-corrected chi connectivity index (χ3v) is 5.03. The Bertz CT molecular complexity index is 516. The number of carbonyl (C=O) groups is 1. The lowest BCUT2D eigenvalue weighted by molar-refractivity contribution is 0.0209. The highest BCUT2D eigenvalue weighted by atomic mass is 32.1. The minimum absolute atomic E-state index is 0.261. The molecule has 0 saturated carbocycles. The van der Waals surface area contributed by atoms with Gasteiger partial charge in [-0.05, 0) is 18.0 Å². The number of rotatable bonds is 3. The number of hydrogen-bond donors (Lipinski definition) is 1. The Kier molecular flexibility index (Phi) is 4.27. The van der Waals surface area contributed by atoms with Crippen LogP contribution in [0.1, 0.15) is 16.8 Å². The van der Waals surface area contributed by atoms with E-state index in [0.717, 1.165) is 50.8 Å². The predicted octanol–water partition coefficient (Wildman–Crippen LogP) is 0.423. The van der Waals surface area contributed by atoms with Crippen molar-refractivity contribution in [3.05, 3.63) is 5.56 Å². The molecule has 0 spiro atoms. The summed E-state index contributed by atoms with van der Waals surface area (Å²) in [6, 6.07) is 0.503. The highest BCUT2D eigenvalue weighted by molar-refractivity contribution is 7.11. The Morgan fingerprint density at radius 2 is 2.19 bits per heavy atom. The fourth-order valence-electron chi connectivity index (χ4n) is 2.97. The second-order valence-electron chi connectivity index (χ2n) is 5.28. The zero-order valence-electron chi connectivity index (χ0n) is 12.1. The Morgan fingerprint density at radius 3 is 2.90 bits per heavy atom. The van der Waals surface area contributed by atoms with Crippen LogP contribution in [0, 0.1) is 0 Å². The maximum absolute atomic E-state index is 11.9. The average Bonchev–Trinajstić information content (AvgIpc) is 3.14. The third-order valence-electron chi connectivity index (χ3n) is 4.10. The van der Waals surface area contributed by atoms with E-state index in [0.29, 0.717) is 11.6 Å². The van der Waals surface area contributed by atoms with Gasteiger partial charge in [-0.25, -0.2) is 4.79 Å². The Morgan fingerprint density at radius 1 is 1.43 bits per heavy atom. The first-order chi connectivity index (χ1) is 10.2. The summed E-state index contributed by atoms with van der Waals surface area (Å²) in [5, 5.41) is 0.829. The highest BCUT2D eigenvalue weighted by Gasteiger charge is 2.32. The van der Waals surface area contributed by atoms with E-state index in [1.165, 1.54) is 18.6 Å². The van der Waals surface area contributed by atoms with Gasteiger partial charge in [0.25, 0.3) is 0 Å². The van der Waals surface area contributed by atoms with Gasteiger partial charge >= 0.3 is 5.97 Å². The van der Waals surface area contributed by atoms with Crippen LogP contribution in [0.25, 0.3) is 0 Å². The zero-order chi connectivity index (χ0) is 14.8. The minimum Gasteiger partial charge on any atom is -0.465 e. The van der Waals surface area contributed by atoms with Crippen LogP contribution < -0.4 is 10.6 Å². The number of nitrogen functional groups attached to an aromatic ring is 1. The standard InChI is InChI=1S/C13H20N4O3S/c1-19-13(18)10-11(14)15-21-12(10)17-3-2-9(8-17)16-4-6-20-7-5-16/h9H,2-8H2,1H3,(H2,14,15). The van der Waals surface area contributed by atoms with Gasteiger partial charge in [0.15, 0.2) is 5.82 Å². The van der Waals surface area contributed by atoms with Crippen molar-refractivity contribution in [1.29, 1.82) is 0 Å². The number of hydrogen-bond acceptors (Lipinski definition) is 8. The van der Waals surface area contributed by atoms with E-state index in [9.17, 15) is 4.79 Å². The summed E-state index contributed by atoms with van der Waals surface area (Å²) in [5.74, 6) is -0.150. The quantitative estimate of drug-likeness (QED) is 0.810. The minimum atomic E-state index is -0.411. The molecule has 2 saturated heterocycles. The van der Waals surface area contributed by atoms with Crippen molar-refractivity contribution >= 4 is 28.3 Å². The lowest BCUT2D eigenvalue weighted by Gasteiger charge is -2.32. The van der Waals surface area contributed by atoms with Crippen LogP contribution in [0.2, 0.25) is 0 Å². The van der Waals surface area contributed by atoms with Crippen molar-refractivity contribution < 1.29 is 14.3 Å². The Hall–Kier alpha value is -1.38. The first kappa shape index (κ1) is 14.6. The summed E-state index contributed by atoms with van der Waals surface area (Å²) < 4.78 is 14.3. The lowest BCUT2D eigenvalue weighted by Crippen LogP contribution is -2.44. The molecule has 0 aromatic carbocycles.